The lowest BCUT2D eigenvalue weighted by Gasteiger charge is -2.07. The normalized spacial score (nSPS) is 16.6. The fourth-order valence-electron chi connectivity index (χ4n) is 2.90. The van der Waals surface area contributed by atoms with Crippen LogP contribution in [0.15, 0.2) is 42.2 Å². The first-order valence-electron chi connectivity index (χ1n) is 9.18. The fourth-order valence-corrected chi connectivity index (χ4v) is 2.90. The zero-order valence-corrected chi connectivity index (χ0v) is 15.7. The summed E-state index contributed by atoms with van der Waals surface area (Å²) in [6, 6.07) is 9.65. The van der Waals surface area contributed by atoms with Crippen molar-refractivity contribution in [3.05, 3.63) is 47.8 Å². The molecule has 1 atom stereocenters. The molecule has 1 fully saturated rings. The maximum atomic E-state index is 11.8. The first-order chi connectivity index (χ1) is 14.2. The molecule has 0 radical (unpaired) electrons. The minimum absolute atomic E-state index is 0.105. The van der Waals surface area contributed by atoms with Gasteiger partial charge in [0, 0.05) is 6.20 Å². The summed E-state index contributed by atoms with van der Waals surface area (Å²) in [5.41, 5.74) is 2.83. The van der Waals surface area contributed by atoms with Gasteiger partial charge in [0.25, 0.3) is 0 Å². The molecule has 9 nitrogen and oxygen atoms in total. The first kappa shape index (κ1) is 18.6. The Morgan fingerprint density at radius 1 is 1.31 bits per heavy atom. The number of esters is 1. The van der Waals surface area contributed by atoms with Crippen LogP contribution in [0.1, 0.15) is 18.9 Å². The van der Waals surface area contributed by atoms with Crippen LogP contribution in [-0.4, -0.2) is 38.5 Å². The summed E-state index contributed by atoms with van der Waals surface area (Å²) in [7, 11) is 0. The Morgan fingerprint density at radius 3 is 2.90 bits per heavy atom. The van der Waals surface area contributed by atoms with E-state index in [2.05, 4.69) is 20.3 Å². The number of imidazole rings is 1. The Hall–Kier alpha value is -3.75. The lowest BCUT2D eigenvalue weighted by Crippen LogP contribution is -2.06. The summed E-state index contributed by atoms with van der Waals surface area (Å²) in [6.07, 6.45) is 4.52. The van der Waals surface area contributed by atoms with Crippen LogP contribution in [0.5, 0.6) is 5.88 Å². The molecule has 1 N–H and O–H groups in total. The third kappa shape index (κ3) is 4.08. The van der Waals surface area contributed by atoms with Gasteiger partial charge in [-0.3, -0.25) is 19.5 Å². The molecule has 2 heterocycles. The molecule has 0 bridgehead atoms. The maximum Gasteiger partial charge on any atom is 0.313 e. The van der Waals surface area contributed by atoms with Gasteiger partial charge in [-0.25, -0.2) is 4.98 Å². The Bertz CT molecular complexity index is 1080. The number of rotatable bonds is 8. The van der Waals surface area contributed by atoms with E-state index in [0.29, 0.717) is 37.2 Å². The van der Waals surface area contributed by atoms with Crippen molar-refractivity contribution in [2.24, 2.45) is 5.92 Å². The molecular formula is C20H19N5O4. The second kappa shape index (κ2) is 8.09. The molecule has 3 aromatic rings. The van der Waals surface area contributed by atoms with Gasteiger partial charge in [-0.2, -0.15) is 9.97 Å². The molecule has 1 aromatic carbocycles. The number of fused-ring (bicyclic) bond motifs is 1. The van der Waals surface area contributed by atoms with Gasteiger partial charge >= 0.3 is 5.97 Å². The van der Waals surface area contributed by atoms with Crippen molar-refractivity contribution in [2.45, 2.75) is 20.0 Å². The standard InChI is InChI=1S/C20H19N5O4/c1-2-28-19(27)15-8-14(15)9-25-11-21-16-17(25)23-20(22-12-26)24-18(16)29-10-13-6-4-3-5-7-13/h3-7,9,11-12,15H,2,8,10H2,1H3,(H,22,23,24,26)/b14-9-. The number of hydrogen-bond donors (Lipinski definition) is 1. The Morgan fingerprint density at radius 2 is 2.14 bits per heavy atom. The molecule has 0 aliphatic heterocycles. The van der Waals surface area contributed by atoms with Gasteiger partial charge < -0.3 is 9.47 Å². The van der Waals surface area contributed by atoms with E-state index in [-0.39, 0.29) is 23.7 Å². The van der Waals surface area contributed by atoms with E-state index in [1.54, 1.807) is 24.0 Å². The molecule has 9 heteroatoms. The number of carbonyl (C=O) groups is 2. The van der Waals surface area contributed by atoms with Gasteiger partial charge in [-0.05, 0) is 24.5 Å². The third-order valence-corrected chi connectivity index (χ3v) is 4.40. The highest BCUT2D eigenvalue weighted by Crippen LogP contribution is 2.39. The fraction of sp³-hybridized carbons (Fsp3) is 0.250. The van der Waals surface area contributed by atoms with Crippen molar-refractivity contribution in [3.8, 4) is 5.88 Å². The smallest absolute Gasteiger partial charge is 0.313 e. The molecule has 0 spiro atoms. The summed E-state index contributed by atoms with van der Waals surface area (Å²) in [4.78, 5) is 35.6. The number of amides is 1. The van der Waals surface area contributed by atoms with E-state index in [1.165, 1.54) is 0 Å². The molecule has 1 aliphatic rings. The van der Waals surface area contributed by atoms with Gasteiger partial charge in [-0.15, -0.1) is 0 Å². The van der Waals surface area contributed by atoms with Crippen LogP contribution in [0.25, 0.3) is 17.4 Å². The van der Waals surface area contributed by atoms with Crippen molar-refractivity contribution >= 4 is 35.7 Å². The molecule has 29 heavy (non-hydrogen) atoms. The van der Waals surface area contributed by atoms with Gasteiger partial charge in [0.2, 0.25) is 18.2 Å². The average Bonchev–Trinajstić information content (AvgIpc) is 3.39. The number of carbonyl (C=O) groups excluding carboxylic acids is 2. The van der Waals surface area contributed by atoms with E-state index in [4.69, 9.17) is 9.47 Å². The van der Waals surface area contributed by atoms with Crippen molar-refractivity contribution in [1.29, 1.82) is 0 Å². The van der Waals surface area contributed by atoms with Crippen LogP contribution in [0.4, 0.5) is 5.95 Å². The minimum atomic E-state index is -0.229. The molecule has 148 valence electrons. The van der Waals surface area contributed by atoms with Crippen LogP contribution >= 0.6 is 0 Å². The highest BCUT2D eigenvalue weighted by atomic mass is 16.5. The van der Waals surface area contributed by atoms with Crippen molar-refractivity contribution < 1.29 is 19.1 Å². The lowest BCUT2D eigenvalue weighted by atomic mass is 10.2. The molecule has 1 aliphatic carbocycles. The van der Waals surface area contributed by atoms with Crippen molar-refractivity contribution in [1.82, 2.24) is 19.5 Å². The molecule has 0 saturated heterocycles. The molecular weight excluding hydrogens is 374 g/mol. The average molecular weight is 393 g/mol. The van der Waals surface area contributed by atoms with Crippen LogP contribution in [0, 0.1) is 5.92 Å². The van der Waals surface area contributed by atoms with Crippen LogP contribution in [0.3, 0.4) is 0 Å². The van der Waals surface area contributed by atoms with Gasteiger partial charge in [0.1, 0.15) is 12.9 Å². The maximum absolute atomic E-state index is 11.8. The van der Waals surface area contributed by atoms with E-state index >= 15 is 0 Å². The second-order valence-corrected chi connectivity index (χ2v) is 6.43. The summed E-state index contributed by atoms with van der Waals surface area (Å²) in [5, 5.41) is 2.45. The number of ether oxygens (including phenoxy) is 2. The molecule has 1 amide bonds. The third-order valence-electron chi connectivity index (χ3n) is 4.40. The zero-order valence-electron chi connectivity index (χ0n) is 15.7. The molecule has 1 unspecified atom stereocenters. The molecule has 2 aromatic heterocycles. The zero-order chi connectivity index (χ0) is 20.2. The second-order valence-electron chi connectivity index (χ2n) is 6.43. The predicted octanol–water partition coefficient (Wildman–Crippen LogP) is 2.40. The van der Waals surface area contributed by atoms with Crippen LogP contribution < -0.4 is 10.1 Å². The van der Waals surface area contributed by atoms with E-state index in [9.17, 15) is 9.59 Å². The summed E-state index contributed by atoms with van der Waals surface area (Å²) in [6.45, 7) is 2.43. The van der Waals surface area contributed by atoms with Gasteiger partial charge in [0.15, 0.2) is 11.2 Å². The van der Waals surface area contributed by atoms with E-state index in [1.807, 2.05) is 30.3 Å². The Kier molecular flexibility index (Phi) is 5.19. The number of anilines is 1. The summed E-state index contributed by atoms with van der Waals surface area (Å²) < 4.78 is 12.6. The number of nitrogens with zero attached hydrogens (tertiary/aromatic N) is 4. The highest BCUT2D eigenvalue weighted by molar-refractivity contribution is 5.85. The molecule has 1 saturated carbocycles. The Balaban J connectivity index is 1.63. The van der Waals surface area contributed by atoms with E-state index < -0.39 is 0 Å². The highest BCUT2D eigenvalue weighted by Gasteiger charge is 2.38. The lowest BCUT2D eigenvalue weighted by molar-refractivity contribution is -0.144. The number of benzene rings is 1. The summed E-state index contributed by atoms with van der Waals surface area (Å²) in [5.74, 6) is -0.0878. The van der Waals surface area contributed by atoms with Gasteiger partial charge in [-0.1, -0.05) is 30.3 Å². The number of nitrogens with one attached hydrogen (secondary N) is 1. The number of aromatic nitrogens is 4. The van der Waals surface area contributed by atoms with Crippen molar-refractivity contribution in [2.75, 3.05) is 11.9 Å². The topological polar surface area (TPSA) is 108 Å². The SMILES string of the molecule is CCOC(=O)C1C/C1=C/n1cnc2c(OCc3ccccc3)nc(NC=O)nc21. The summed E-state index contributed by atoms with van der Waals surface area (Å²) >= 11 is 0. The monoisotopic (exact) mass is 393 g/mol. The molecule has 4 rings (SSSR count). The van der Waals surface area contributed by atoms with Crippen LogP contribution in [-0.2, 0) is 20.9 Å². The first-order valence-corrected chi connectivity index (χ1v) is 9.18. The van der Waals surface area contributed by atoms with Crippen LogP contribution in [0.2, 0.25) is 0 Å². The van der Waals surface area contributed by atoms with Gasteiger partial charge in [0.05, 0.1) is 12.5 Å². The Labute approximate surface area is 166 Å². The minimum Gasteiger partial charge on any atom is -0.471 e. The quantitative estimate of drug-likeness (QED) is 0.462. The predicted molar refractivity (Wildman–Crippen MR) is 105 cm³/mol. The number of hydrogen-bond acceptors (Lipinski definition) is 7. The van der Waals surface area contributed by atoms with E-state index in [0.717, 1.165) is 11.1 Å². The largest absolute Gasteiger partial charge is 0.471 e. The van der Waals surface area contributed by atoms with Crippen molar-refractivity contribution in [3.63, 3.8) is 0 Å².